The number of aromatic nitrogens is 1. The van der Waals surface area contributed by atoms with E-state index < -0.39 is 12.1 Å². The average Bonchev–Trinajstić information content (AvgIpc) is 3.51. The summed E-state index contributed by atoms with van der Waals surface area (Å²) in [7, 11) is 0. The Kier molecular flexibility index (Phi) is 6.65. The second-order valence-electron chi connectivity index (χ2n) is 11.6. The second-order valence-corrected chi connectivity index (χ2v) is 11.6. The zero-order valence-electron chi connectivity index (χ0n) is 23.7. The normalized spacial score (nSPS) is 20.0. The lowest BCUT2D eigenvalue weighted by Gasteiger charge is -2.36. The van der Waals surface area contributed by atoms with Crippen LogP contribution in [-0.2, 0) is 11.2 Å². The van der Waals surface area contributed by atoms with Crippen molar-refractivity contribution in [3.8, 4) is 0 Å². The Balaban J connectivity index is 1.16. The van der Waals surface area contributed by atoms with Crippen LogP contribution in [-0.4, -0.2) is 40.3 Å². The molecule has 7 rings (SSSR count). The molecule has 212 valence electrons. The molecule has 2 N–H and O–H groups in total. The van der Waals surface area contributed by atoms with Crippen LogP contribution in [0.25, 0.3) is 10.9 Å². The second kappa shape index (κ2) is 10.6. The third kappa shape index (κ3) is 4.49. The monoisotopic (exact) mass is 558 g/mol. The number of para-hydroxylation sites is 1. The summed E-state index contributed by atoms with van der Waals surface area (Å²) in [6.07, 6.45) is 8.33. The molecule has 0 unspecified atom stereocenters. The number of anilines is 1. The van der Waals surface area contributed by atoms with E-state index in [0.29, 0.717) is 24.2 Å². The van der Waals surface area contributed by atoms with E-state index in [2.05, 4.69) is 22.4 Å². The van der Waals surface area contributed by atoms with Crippen molar-refractivity contribution in [3.05, 3.63) is 112 Å². The molecule has 3 heterocycles. The molecule has 1 aromatic heterocycles. The molecule has 42 heavy (non-hydrogen) atoms. The van der Waals surface area contributed by atoms with Gasteiger partial charge in [0.2, 0.25) is 0 Å². The number of nitrogens with one attached hydrogen (secondary N) is 2. The lowest BCUT2D eigenvalue weighted by atomic mass is 9.88. The number of hydrogen-bond acceptors (Lipinski definition) is 3. The van der Waals surface area contributed by atoms with Crippen LogP contribution < -0.4 is 10.2 Å². The molecule has 0 bridgehead atoms. The summed E-state index contributed by atoms with van der Waals surface area (Å²) in [6.45, 7) is 2.63. The molecule has 7 nitrogen and oxygen atoms in total. The van der Waals surface area contributed by atoms with Gasteiger partial charge in [-0.05, 0) is 80.5 Å². The summed E-state index contributed by atoms with van der Waals surface area (Å²) in [5.74, 6) is -0.398. The van der Waals surface area contributed by atoms with Crippen LogP contribution in [0.4, 0.5) is 10.5 Å². The van der Waals surface area contributed by atoms with Crippen LogP contribution in [0.15, 0.2) is 84.4 Å². The highest BCUT2D eigenvalue weighted by Crippen LogP contribution is 2.44. The molecule has 1 fully saturated rings. The summed E-state index contributed by atoms with van der Waals surface area (Å²) >= 11 is 0. The number of urea groups is 1. The Morgan fingerprint density at radius 3 is 2.52 bits per heavy atom. The first-order valence-electron chi connectivity index (χ1n) is 14.9. The highest BCUT2D eigenvalue weighted by Gasteiger charge is 2.53. The van der Waals surface area contributed by atoms with Gasteiger partial charge in [0.05, 0.1) is 5.69 Å². The fourth-order valence-electron chi connectivity index (χ4n) is 6.74. The van der Waals surface area contributed by atoms with Crippen molar-refractivity contribution in [2.24, 2.45) is 0 Å². The molecule has 2 atom stereocenters. The maximum absolute atomic E-state index is 14.1. The zero-order valence-corrected chi connectivity index (χ0v) is 23.7. The van der Waals surface area contributed by atoms with Gasteiger partial charge in [0.1, 0.15) is 12.1 Å². The van der Waals surface area contributed by atoms with Gasteiger partial charge in [0.15, 0.2) is 0 Å². The summed E-state index contributed by atoms with van der Waals surface area (Å²) in [5.41, 5.74) is 7.52. The number of rotatable bonds is 6. The number of carbonyl (C=O) groups is 3. The van der Waals surface area contributed by atoms with Crippen LogP contribution in [0.1, 0.15) is 70.9 Å². The summed E-state index contributed by atoms with van der Waals surface area (Å²) in [6, 6.07) is 21.6. The molecular formula is C35H34N4O3. The lowest BCUT2D eigenvalue weighted by molar-refractivity contribution is -0.120. The van der Waals surface area contributed by atoms with Crippen LogP contribution in [0.5, 0.6) is 0 Å². The highest BCUT2D eigenvalue weighted by atomic mass is 16.2. The number of hydrogen-bond donors (Lipinski definition) is 2. The van der Waals surface area contributed by atoms with Crippen LogP contribution in [0, 0.1) is 6.92 Å². The van der Waals surface area contributed by atoms with Gasteiger partial charge in [-0.1, -0.05) is 59.7 Å². The van der Waals surface area contributed by atoms with Crippen LogP contribution in [0.3, 0.4) is 0 Å². The van der Waals surface area contributed by atoms with Crippen molar-refractivity contribution in [2.45, 2.75) is 57.5 Å². The number of benzene rings is 3. The largest absolute Gasteiger partial charge is 0.356 e. The van der Waals surface area contributed by atoms with Crippen molar-refractivity contribution < 1.29 is 14.4 Å². The van der Waals surface area contributed by atoms with Gasteiger partial charge in [-0.2, -0.15) is 0 Å². The maximum Gasteiger partial charge on any atom is 0.332 e. The third-order valence-electron chi connectivity index (χ3n) is 8.95. The Bertz CT molecular complexity index is 1720. The van der Waals surface area contributed by atoms with Crippen molar-refractivity contribution >= 4 is 34.4 Å². The Morgan fingerprint density at radius 2 is 1.76 bits per heavy atom. The summed E-state index contributed by atoms with van der Waals surface area (Å²) < 4.78 is 0. The predicted molar refractivity (Wildman–Crippen MR) is 163 cm³/mol. The standard InChI is InChI=1S/C35H34N4O3/c1-22-11-13-24(14-12-22)32-31-28(27-9-5-6-10-29(27)37-31)21-30-34(41)38(35(42)39(30)32)26-17-15-25(16-18-26)33(40)36-20-19-23-7-3-2-4-8-23/h5-7,9-18,30,32,37H,2-4,8,19-21H2,1H3,(H,36,40)/t30-,32-/m0/s1. The number of amides is 4. The van der Waals surface area contributed by atoms with E-state index in [1.54, 1.807) is 29.2 Å². The van der Waals surface area contributed by atoms with Crippen molar-refractivity contribution in [3.63, 3.8) is 0 Å². The summed E-state index contributed by atoms with van der Waals surface area (Å²) in [4.78, 5) is 47.4. The van der Waals surface area contributed by atoms with Gasteiger partial charge in [-0.15, -0.1) is 0 Å². The SMILES string of the molecule is Cc1ccc([C@H]2c3[nH]c4ccccc4c3C[C@H]3C(=O)N(c4ccc(C(=O)NCCC5=CCCCC5)cc4)C(=O)N23)cc1. The number of H-pyrrole nitrogens is 1. The van der Waals surface area contributed by atoms with E-state index in [1.165, 1.54) is 23.3 Å². The molecule has 3 aliphatic rings. The molecule has 0 saturated carbocycles. The molecule has 7 heteroatoms. The molecule has 1 saturated heterocycles. The zero-order chi connectivity index (χ0) is 28.8. The molecule has 2 aliphatic heterocycles. The van der Waals surface area contributed by atoms with Gasteiger partial charge in [-0.25, -0.2) is 9.69 Å². The maximum atomic E-state index is 14.1. The summed E-state index contributed by atoms with van der Waals surface area (Å²) in [5, 5.41) is 4.09. The molecule has 0 radical (unpaired) electrons. The minimum absolute atomic E-state index is 0.153. The van der Waals surface area contributed by atoms with E-state index in [0.717, 1.165) is 52.5 Å². The molecule has 3 aromatic carbocycles. The number of aromatic amines is 1. The quantitative estimate of drug-likeness (QED) is 0.207. The van der Waals surface area contributed by atoms with E-state index >= 15 is 0 Å². The molecule has 4 amide bonds. The highest BCUT2D eigenvalue weighted by molar-refractivity contribution is 6.22. The Labute approximate surface area is 245 Å². The average molecular weight is 559 g/mol. The first-order valence-corrected chi connectivity index (χ1v) is 14.9. The molecule has 0 spiro atoms. The minimum atomic E-state index is -0.618. The topological polar surface area (TPSA) is 85.5 Å². The van der Waals surface area contributed by atoms with E-state index in [1.807, 2.05) is 49.4 Å². The van der Waals surface area contributed by atoms with Gasteiger partial charge in [0.25, 0.3) is 11.8 Å². The molecule has 1 aliphatic carbocycles. The van der Waals surface area contributed by atoms with Gasteiger partial charge in [0, 0.05) is 35.1 Å². The molecule has 4 aromatic rings. The number of fused-ring (bicyclic) bond motifs is 4. The van der Waals surface area contributed by atoms with E-state index in [-0.39, 0.29) is 17.8 Å². The number of carbonyl (C=O) groups excluding carboxylic acids is 3. The smallest absolute Gasteiger partial charge is 0.332 e. The Hall–Kier alpha value is -4.65. The minimum Gasteiger partial charge on any atom is -0.356 e. The molecular weight excluding hydrogens is 524 g/mol. The van der Waals surface area contributed by atoms with Crippen LogP contribution in [0.2, 0.25) is 0 Å². The number of aryl methyl sites for hydroxylation is 1. The number of nitrogens with zero attached hydrogens (tertiary/aromatic N) is 2. The van der Waals surface area contributed by atoms with Crippen molar-refractivity contribution in [1.29, 1.82) is 0 Å². The number of imide groups is 1. The van der Waals surface area contributed by atoms with Gasteiger partial charge in [-0.3, -0.25) is 14.5 Å². The van der Waals surface area contributed by atoms with Crippen LogP contribution >= 0.6 is 0 Å². The third-order valence-corrected chi connectivity index (χ3v) is 8.95. The van der Waals surface area contributed by atoms with E-state index in [9.17, 15) is 14.4 Å². The van der Waals surface area contributed by atoms with Crippen molar-refractivity contribution in [2.75, 3.05) is 11.4 Å². The van der Waals surface area contributed by atoms with Gasteiger partial charge >= 0.3 is 6.03 Å². The fourth-order valence-corrected chi connectivity index (χ4v) is 6.74. The first kappa shape index (κ1) is 26.3. The Morgan fingerprint density at radius 1 is 0.976 bits per heavy atom. The van der Waals surface area contributed by atoms with E-state index in [4.69, 9.17) is 0 Å². The predicted octanol–water partition coefficient (Wildman–Crippen LogP) is 6.58. The lowest BCUT2D eigenvalue weighted by Crippen LogP contribution is -2.44. The number of allylic oxidation sites excluding steroid dienone is 1. The van der Waals surface area contributed by atoms with Gasteiger partial charge < -0.3 is 10.3 Å². The first-order chi connectivity index (χ1) is 20.5. The van der Waals surface area contributed by atoms with Crippen molar-refractivity contribution in [1.82, 2.24) is 15.2 Å². The fraction of sp³-hybridized carbons (Fsp3) is 0.286.